The Morgan fingerprint density at radius 3 is 1.22 bits per heavy atom. The van der Waals surface area contributed by atoms with E-state index in [4.69, 9.17) is 53.6 Å². The number of hydrogen-bond acceptors (Lipinski definition) is 19. The van der Waals surface area contributed by atoms with Crippen LogP contribution in [0.15, 0.2) is 60.7 Å². The molecular weight excluding hydrogens is 1100 g/mol. The van der Waals surface area contributed by atoms with Crippen molar-refractivity contribution < 1.29 is 43.5 Å². The lowest BCUT2D eigenvalue weighted by atomic mass is 10.1. The zero-order valence-corrected chi connectivity index (χ0v) is 53.9. The van der Waals surface area contributed by atoms with Crippen LogP contribution in [0.3, 0.4) is 0 Å². The van der Waals surface area contributed by atoms with Crippen LogP contribution in [0.2, 0.25) is 0 Å². The maximum atomic E-state index is 13.5. The molecule has 0 saturated carbocycles. The van der Waals surface area contributed by atoms with E-state index in [-0.39, 0.29) is 71.4 Å². The number of nitrogens with zero attached hydrogens (tertiary/aromatic N) is 8. The number of anilines is 3. The number of rotatable bonds is 47. The fourth-order valence-corrected chi connectivity index (χ4v) is 10.0. The summed E-state index contributed by atoms with van der Waals surface area (Å²) in [5, 5.41) is 29.2. The minimum atomic E-state index is -1.03. The van der Waals surface area contributed by atoms with Gasteiger partial charge in [-0.15, -0.1) is 0 Å². The van der Waals surface area contributed by atoms with Gasteiger partial charge in [0.05, 0.1) is 24.8 Å². The summed E-state index contributed by atoms with van der Waals surface area (Å²) in [4.78, 5) is 60.4. The minimum absolute atomic E-state index is 0.0278. The highest BCUT2D eigenvalue weighted by molar-refractivity contribution is 5.76. The maximum absolute atomic E-state index is 13.5. The fraction of sp³-hybridized carbons (Fsp3) is 0.618. The minimum Gasteiger partial charge on any atom is -0.507 e. The predicted molar refractivity (Wildman–Crippen MR) is 348 cm³/mol. The number of carbonyl (C=O) groups excluding carboxylic acids is 2. The van der Waals surface area contributed by atoms with Gasteiger partial charge in [-0.3, -0.25) is 0 Å². The third-order valence-electron chi connectivity index (χ3n) is 15.2. The number of hydrogen-bond donors (Lipinski definition) is 4. The van der Waals surface area contributed by atoms with Crippen molar-refractivity contribution in [1.82, 2.24) is 35.2 Å². The van der Waals surface area contributed by atoms with Crippen LogP contribution < -0.4 is 34.6 Å². The largest absolute Gasteiger partial charge is 0.507 e. The summed E-state index contributed by atoms with van der Waals surface area (Å²) in [5.41, 5.74) is 1.09. The number of phenolic OH excluding ortho intramolecular Hbond substituents is 2. The standard InChI is InChI=1S/C68H104N10O9/c1-9-13-17-21-25-29-43-77(44-30-26-22-18-14-10-2)67-74-66(75-68(76-67)78(45-31-27-23-19-15-11-3)46-32-28-24-20-16-12-4)70-42-48-85-65(82)52(6)87-56-38-40-58(60(80)50-56)63-72-61(53-33-35-54(83-8)36-34-53)71-62(73-63)57-39-37-55(49-59(57)79)86-51(5)64(81)84-47-41-69-7/h33-40,49-52,69,79-80H,9-32,41-48H2,1-8H3,(H,70,74,75,76). The van der Waals surface area contributed by atoms with E-state index >= 15 is 0 Å². The number of esters is 2. The molecule has 2 aromatic heterocycles. The van der Waals surface area contributed by atoms with Crippen molar-refractivity contribution in [3.8, 4) is 62.9 Å². The van der Waals surface area contributed by atoms with Crippen molar-refractivity contribution >= 4 is 29.8 Å². The molecule has 19 nitrogen and oxygen atoms in total. The molecule has 0 spiro atoms. The number of aromatic hydroxyl groups is 2. The second-order valence-corrected chi connectivity index (χ2v) is 22.6. The lowest BCUT2D eigenvalue weighted by molar-refractivity contribution is -0.151. The number of likely N-dealkylation sites (N-methyl/N-ethyl adjacent to an activating group) is 1. The molecule has 0 amide bonds. The first kappa shape index (κ1) is 70.7. The number of nitrogens with one attached hydrogen (secondary N) is 2. The number of ether oxygens (including phenoxy) is 5. The van der Waals surface area contributed by atoms with Crippen LogP contribution in [0.1, 0.15) is 196 Å². The molecule has 2 unspecified atom stereocenters. The molecule has 0 aliphatic carbocycles. The van der Waals surface area contributed by atoms with Crippen molar-refractivity contribution in [3.63, 3.8) is 0 Å². The molecular formula is C68H104N10O9. The molecule has 5 aromatic rings. The van der Waals surface area contributed by atoms with Gasteiger partial charge in [-0.05, 0) is 95.1 Å². The van der Waals surface area contributed by atoms with Crippen LogP contribution in [0, 0.1) is 0 Å². The molecule has 0 saturated heterocycles. The molecule has 0 bridgehead atoms. The number of aromatic nitrogens is 6. The second kappa shape index (κ2) is 41.2. The van der Waals surface area contributed by atoms with Crippen LogP contribution in [-0.4, -0.2) is 131 Å². The molecule has 0 radical (unpaired) electrons. The summed E-state index contributed by atoms with van der Waals surface area (Å²) in [5.74, 6) is 1.77. The third kappa shape index (κ3) is 25.7. The first-order chi connectivity index (χ1) is 42.4. The Bertz CT molecular complexity index is 2650. The van der Waals surface area contributed by atoms with Crippen LogP contribution in [0.4, 0.5) is 17.8 Å². The Morgan fingerprint density at radius 1 is 0.471 bits per heavy atom. The third-order valence-corrected chi connectivity index (χ3v) is 15.2. The summed E-state index contributed by atoms with van der Waals surface area (Å²) >= 11 is 0. The number of unbranched alkanes of at least 4 members (excludes halogenated alkanes) is 20. The van der Waals surface area contributed by atoms with Crippen molar-refractivity contribution in [2.45, 2.75) is 208 Å². The Labute approximate surface area is 519 Å². The van der Waals surface area contributed by atoms with E-state index in [9.17, 15) is 19.8 Å². The zero-order valence-electron chi connectivity index (χ0n) is 53.9. The molecule has 0 fully saturated rings. The molecule has 4 N–H and O–H groups in total. The highest BCUT2D eigenvalue weighted by atomic mass is 16.6. The fourth-order valence-electron chi connectivity index (χ4n) is 10.0. The molecule has 87 heavy (non-hydrogen) atoms. The maximum Gasteiger partial charge on any atom is 0.347 e. The molecule has 5 rings (SSSR count). The summed E-state index contributed by atoms with van der Waals surface area (Å²) in [6.07, 6.45) is 27.0. The van der Waals surface area contributed by atoms with Crippen LogP contribution >= 0.6 is 0 Å². The zero-order chi connectivity index (χ0) is 62.4. The van der Waals surface area contributed by atoms with Gasteiger partial charge >= 0.3 is 11.9 Å². The summed E-state index contributed by atoms with van der Waals surface area (Å²) in [6, 6.07) is 16.2. The Kier molecular flexibility index (Phi) is 33.5. The van der Waals surface area contributed by atoms with Gasteiger partial charge in [0, 0.05) is 50.4 Å². The lowest BCUT2D eigenvalue weighted by Gasteiger charge is -2.27. The van der Waals surface area contributed by atoms with Crippen LogP contribution in [0.25, 0.3) is 34.2 Å². The summed E-state index contributed by atoms with van der Waals surface area (Å²) in [7, 11) is 3.33. The topological polar surface area (TPSA) is 229 Å². The first-order valence-corrected chi connectivity index (χ1v) is 32.8. The van der Waals surface area contributed by atoms with E-state index in [0.717, 1.165) is 51.9 Å². The second-order valence-electron chi connectivity index (χ2n) is 22.6. The van der Waals surface area contributed by atoms with Crippen LogP contribution in [0.5, 0.6) is 28.7 Å². The van der Waals surface area contributed by atoms with Gasteiger partial charge in [0.15, 0.2) is 29.7 Å². The molecule has 2 heterocycles. The van der Waals surface area contributed by atoms with Crippen molar-refractivity contribution in [2.75, 3.05) is 81.8 Å². The summed E-state index contributed by atoms with van der Waals surface area (Å²) in [6.45, 7) is 16.7. The SMILES string of the molecule is CCCCCCCCN(CCCCCCCC)c1nc(NCCOC(=O)C(C)Oc2ccc(-c3nc(-c4ccc(OC)cc4)nc(-c4ccc(OC(C)C(=O)OCCNC)cc4O)n3)c(O)c2)nc(N(CCCCCCCC)CCCCCCCC)n1. The molecule has 480 valence electrons. The van der Waals surface area contributed by atoms with Gasteiger partial charge in [-0.2, -0.15) is 15.0 Å². The Hall–Kier alpha value is -7.02. The lowest BCUT2D eigenvalue weighted by Crippen LogP contribution is -2.32. The van der Waals surface area contributed by atoms with Crippen LogP contribution in [-0.2, 0) is 19.1 Å². The monoisotopic (exact) mass is 1200 g/mol. The van der Waals surface area contributed by atoms with Gasteiger partial charge < -0.3 is 54.3 Å². The highest BCUT2D eigenvalue weighted by Gasteiger charge is 2.23. The highest BCUT2D eigenvalue weighted by Crippen LogP contribution is 2.36. The van der Waals surface area contributed by atoms with E-state index in [1.54, 1.807) is 76.5 Å². The van der Waals surface area contributed by atoms with E-state index in [1.807, 2.05) is 0 Å². The van der Waals surface area contributed by atoms with Gasteiger partial charge in [0.2, 0.25) is 17.8 Å². The van der Waals surface area contributed by atoms with E-state index < -0.39 is 24.1 Å². The van der Waals surface area contributed by atoms with Gasteiger partial charge in [-0.25, -0.2) is 24.5 Å². The normalized spacial score (nSPS) is 11.9. The summed E-state index contributed by atoms with van der Waals surface area (Å²) < 4.78 is 28.2. The molecule has 19 heteroatoms. The van der Waals surface area contributed by atoms with Gasteiger partial charge in [-0.1, -0.05) is 156 Å². The van der Waals surface area contributed by atoms with E-state index in [2.05, 4.69) is 48.1 Å². The molecule has 2 atom stereocenters. The Balaban J connectivity index is 1.32. The number of carbonyl (C=O) groups is 2. The van der Waals surface area contributed by atoms with E-state index in [0.29, 0.717) is 35.7 Å². The number of phenols is 2. The van der Waals surface area contributed by atoms with E-state index in [1.165, 1.54) is 141 Å². The molecule has 0 aliphatic heterocycles. The van der Waals surface area contributed by atoms with Crippen molar-refractivity contribution in [2.24, 2.45) is 0 Å². The first-order valence-electron chi connectivity index (χ1n) is 32.8. The average molecular weight is 1210 g/mol. The van der Waals surface area contributed by atoms with Crippen molar-refractivity contribution in [1.29, 1.82) is 0 Å². The number of benzene rings is 3. The van der Waals surface area contributed by atoms with Gasteiger partial charge in [0.1, 0.15) is 42.0 Å². The number of methoxy groups -OCH3 is 1. The quantitative estimate of drug-likeness (QED) is 0.0210. The van der Waals surface area contributed by atoms with Gasteiger partial charge in [0.25, 0.3) is 0 Å². The van der Waals surface area contributed by atoms with Crippen molar-refractivity contribution in [3.05, 3.63) is 60.7 Å². The predicted octanol–water partition coefficient (Wildman–Crippen LogP) is 14.5. The average Bonchev–Trinajstić information content (AvgIpc) is 1.49. The smallest absolute Gasteiger partial charge is 0.347 e. The molecule has 0 aliphatic rings. The molecule has 3 aromatic carbocycles. The Morgan fingerprint density at radius 2 is 0.839 bits per heavy atom.